The van der Waals surface area contributed by atoms with Crippen molar-refractivity contribution in [2.75, 3.05) is 0 Å². The first-order chi connectivity index (χ1) is 16.5. The summed E-state index contributed by atoms with van der Waals surface area (Å²) in [7, 11) is -4.14. The summed E-state index contributed by atoms with van der Waals surface area (Å²) in [6, 6.07) is 8.66. The second kappa shape index (κ2) is 9.27. The van der Waals surface area contributed by atoms with Crippen molar-refractivity contribution in [1.82, 2.24) is 19.4 Å². The van der Waals surface area contributed by atoms with Crippen molar-refractivity contribution in [1.29, 1.82) is 0 Å². The number of nitrogens with one attached hydrogen (secondary N) is 1. The van der Waals surface area contributed by atoms with Crippen LogP contribution in [-0.2, 0) is 16.4 Å². The van der Waals surface area contributed by atoms with Crippen LogP contribution in [0.15, 0.2) is 63.7 Å². The zero-order valence-electron chi connectivity index (χ0n) is 19.1. The Bertz CT molecular complexity index is 1450. The Kier molecular flexibility index (Phi) is 6.52. The predicted molar refractivity (Wildman–Crippen MR) is 128 cm³/mol. The number of amides is 1. The quantitative estimate of drug-likeness (QED) is 0.334. The first kappa shape index (κ1) is 24.6. The van der Waals surface area contributed by atoms with Crippen molar-refractivity contribution < 1.29 is 27.2 Å². The van der Waals surface area contributed by atoms with Gasteiger partial charge in [-0.3, -0.25) is 0 Å². The molecular formula is C23H23FN4O5S2. The molecule has 0 aliphatic rings. The lowest BCUT2D eigenvalue weighted by Gasteiger charge is -2.30. The first-order valence-electron chi connectivity index (χ1n) is 10.5. The SMILES string of the molecule is CC(C)(C)C(Cc1cc(-c2cccnc2F)n(S(=O)(=O)c2ccc(-c3ccno3)s2)c1)NC(=O)O. The molecule has 184 valence electrons. The highest BCUT2D eigenvalue weighted by Gasteiger charge is 2.30. The number of carboxylic acid groups (broad SMARTS) is 1. The van der Waals surface area contributed by atoms with Crippen molar-refractivity contribution in [3.63, 3.8) is 0 Å². The highest BCUT2D eigenvalue weighted by atomic mass is 32.2. The zero-order chi connectivity index (χ0) is 25.4. The number of hydrogen-bond donors (Lipinski definition) is 2. The molecule has 0 spiro atoms. The molecule has 0 aromatic carbocycles. The van der Waals surface area contributed by atoms with E-state index < -0.39 is 33.5 Å². The number of halogens is 1. The Morgan fingerprint density at radius 3 is 2.66 bits per heavy atom. The number of carbonyl (C=O) groups is 1. The number of aromatic nitrogens is 3. The van der Waals surface area contributed by atoms with E-state index in [1.165, 1.54) is 36.8 Å². The van der Waals surface area contributed by atoms with Crippen molar-refractivity contribution in [2.24, 2.45) is 5.41 Å². The van der Waals surface area contributed by atoms with E-state index in [4.69, 9.17) is 4.52 Å². The van der Waals surface area contributed by atoms with Crippen LogP contribution in [0.2, 0.25) is 0 Å². The molecule has 1 atom stereocenters. The lowest BCUT2D eigenvalue weighted by Crippen LogP contribution is -2.44. The molecule has 9 nitrogen and oxygen atoms in total. The summed E-state index contributed by atoms with van der Waals surface area (Å²) < 4.78 is 48.1. The van der Waals surface area contributed by atoms with E-state index in [2.05, 4.69) is 15.5 Å². The van der Waals surface area contributed by atoms with Gasteiger partial charge in [0.15, 0.2) is 5.76 Å². The smallest absolute Gasteiger partial charge is 0.404 e. The van der Waals surface area contributed by atoms with Gasteiger partial charge in [0, 0.05) is 24.5 Å². The third kappa shape index (κ3) is 5.13. The second-order valence-corrected chi connectivity index (χ2v) is 12.1. The van der Waals surface area contributed by atoms with Crippen LogP contribution in [-0.4, -0.2) is 39.8 Å². The molecule has 35 heavy (non-hydrogen) atoms. The van der Waals surface area contributed by atoms with Gasteiger partial charge in [-0.1, -0.05) is 25.9 Å². The fraction of sp³-hybridized carbons (Fsp3) is 0.261. The molecule has 0 aliphatic carbocycles. The molecule has 1 unspecified atom stereocenters. The fourth-order valence-corrected chi connectivity index (χ4v) is 6.31. The van der Waals surface area contributed by atoms with Gasteiger partial charge in [-0.2, -0.15) is 12.8 Å². The number of rotatable bonds is 7. The minimum atomic E-state index is -4.14. The van der Waals surface area contributed by atoms with E-state index in [0.29, 0.717) is 16.2 Å². The van der Waals surface area contributed by atoms with E-state index in [1.807, 2.05) is 20.8 Å². The molecule has 0 saturated carbocycles. The number of hydrogen-bond acceptors (Lipinski definition) is 7. The molecule has 4 aromatic rings. The largest absolute Gasteiger partial charge is 0.465 e. The standard InChI is InChI=1S/C23H23FN4O5S2/c1-23(2,3)19(27-22(29)30)12-14-11-16(15-5-4-9-25-21(15)24)28(13-14)35(31,32)20-7-6-18(34-20)17-8-10-26-33-17/h4-11,13,19,27H,12H2,1-3H3,(H,29,30). The monoisotopic (exact) mass is 518 g/mol. The van der Waals surface area contributed by atoms with E-state index in [-0.39, 0.29) is 21.9 Å². The van der Waals surface area contributed by atoms with E-state index in [1.54, 1.807) is 18.2 Å². The number of thiophene rings is 1. The molecule has 0 bridgehead atoms. The third-order valence-electron chi connectivity index (χ3n) is 5.44. The average molecular weight is 519 g/mol. The lowest BCUT2D eigenvalue weighted by atomic mass is 9.83. The van der Waals surface area contributed by atoms with Crippen LogP contribution in [0.4, 0.5) is 9.18 Å². The van der Waals surface area contributed by atoms with Gasteiger partial charge in [-0.05, 0) is 47.7 Å². The average Bonchev–Trinajstić information content (AvgIpc) is 3.53. The molecule has 0 saturated heterocycles. The molecular weight excluding hydrogens is 495 g/mol. The Balaban J connectivity index is 1.82. The first-order valence-corrected chi connectivity index (χ1v) is 12.8. The normalized spacial score (nSPS) is 13.0. The highest BCUT2D eigenvalue weighted by molar-refractivity contribution is 7.92. The summed E-state index contributed by atoms with van der Waals surface area (Å²) >= 11 is 0.994. The summed E-state index contributed by atoms with van der Waals surface area (Å²) in [5, 5.41) is 15.4. The Hall–Kier alpha value is -3.51. The van der Waals surface area contributed by atoms with Crippen LogP contribution < -0.4 is 5.32 Å². The van der Waals surface area contributed by atoms with Gasteiger partial charge in [0.2, 0.25) is 5.95 Å². The van der Waals surface area contributed by atoms with Crippen molar-refractivity contribution in [3.8, 4) is 21.9 Å². The maximum absolute atomic E-state index is 14.6. The molecule has 12 heteroatoms. The van der Waals surface area contributed by atoms with Gasteiger partial charge in [0.05, 0.1) is 22.3 Å². The van der Waals surface area contributed by atoms with Gasteiger partial charge in [-0.15, -0.1) is 11.3 Å². The second-order valence-electron chi connectivity index (χ2n) is 8.94. The zero-order valence-corrected chi connectivity index (χ0v) is 20.7. The van der Waals surface area contributed by atoms with Crippen LogP contribution in [0.25, 0.3) is 21.9 Å². The van der Waals surface area contributed by atoms with Crippen LogP contribution in [0, 0.1) is 11.4 Å². The molecule has 0 aliphatic heterocycles. The van der Waals surface area contributed by atoms with Gasteiger partial charge in [0.1, 0.15) is 4.21 Å². The minimum Gasteiger partial charge on any atom is -0.465 e. The van der Waals surface area contributed by atoms with Crippen LogP contribution in [0.5, 0.6) is 0 Å². The molecule has 4 aromatic heterocycles. The van der Waals surface area contributed by atoms with Gasteiger partial charge in [-0.25, -0.2) is 13.8 Å². The summed E-state index contributed by atoms with van der Waals surface area (Å²) in [4.78, 5) is 15.6. The van der Waals surface area contributed by atoms with Crippen LogP contribution >= 0.6 is 11.3 Å². The Morgan fingerprint density at radius 1 is 1.26 bits per heavy atom. The number of pyridine rings is 1. The molecule has 4 rings (SSSR count). The summed E-state index contributed by atoms with van der Waals surface area (Å²) in [6.07, 6.45) is 3.14. The third-order valence-corrected chi connectivity index (χ3v) is 8.68. The molecule has 0 radical (unpaired) electrons. The van der Waals surface area contributed by atoms with Crippen molar-refractivity contribution in [2.45, 2.75) is 37.4 Å². The maximum atomic E-state index is 14.6. The molecule has 1 amide bonds. The predicted octanol–water partition coefficient (Wildman–Crippen LogP) is 4.87. The Morgan fingerprint density at radius 2 is 2.03 bits per heavy atom. The highest BCUT2D eigenvalue weighted by Crippen LogP contribution is 2.35. The van der Waals surface area contributed by atoms with Crippen molar-refractivity contribution in [3.05, 3.63) is 66.5 Å². The van der Waals surface area contributed by atoms with Crippen LogP contribution in [0.3, 0.4) is 0 Å². The summed E-state index contributed by atoms with van der Waals surface area (Å²) in [5.74, 6) is -0.394. The van der Waals surface area contributed by atoms with Gasteiger partial charge in [0.25, 0.3) is 10.0 Å². The van der Waals surface area contributed by atoms with Crippen LogP contribution in [0.1, 0.15) is 26.3 Å². The van der Waals surface area contributed by atoms with E-state index in [0.717, 1.165) is 15.3 Å². The molecule has 2 N–H and O–H groups in total. The van der Waals surface area contributed by atoms with E-state index >= 15 is 0 Å². The maximum Gasteiger partial charge on any atom is 0.404 e. The minimum absolute atomic E-state index is 0.00726. The van der Waals surface area contributed by atoms with Gasteiger partial charge >= 0.3 is 6.09 Å². The summed E-state index contributed by atoms with van der Waals surface area (Å²) in [5.41, 5.74) is 0.155. The molecule has 4 heterocycles. The lowest BCUT2D eigenvalue weighted by molar-refractivity contribution is 0.174. The van der Waals surface area contributed by atoms with Crippen molar-refractivity contribution >= 4 is 27.5 Å². The fourth-order valence-electron chi connectivity index (χ4n) is 3.57. The topological polar surface area (TPSA) is 127 Å². The van der Waals surface area contributed by atoms with E-state index in [9.17, 15) is 22.7 Å². The molecule has 0 fully saturated rings. The summed E-state index contributed by atoms with van der Waals surface area (Å²) in [6.45, 7) is 5.62. The van der Waals surface area contributed by atoms with Gasteiger partial charge < -0.3 is 14.9 Å². The number of nitrogens with zero attached hydrogens (tertiary/aromatic N) is 3. The Labute approximate surface area is 205 Å².